The number of aromatic nitrogens is 4. The van der Waals surface area contributed by atoms with E-state index in [4.69, 9.17) is 15.2 Å². The Morgan fingerprint density at radius 2 is 2.21 bits per heavy atom. The average molecular weight is 404 g/mol. The van der Waals surface area contributed by atoms with Crippen LogP contribution in [0.3, 0.4) is 0 Å². The van der Waals surface area contributed by atoms with Crippen molar-refractivity contribution < 1.29 is 19.4 Å². The van der Waals surface area contributed by atoms with E-state index >= 15 is 0 Å². The van der Waals surface area contributed by atoms with E-state index in [0.717, 1.165) is 31.2 Å². The first-order chi connectivity index (χ1) is 14.0. The van der Waals surface area contributed by atoms with Crippen molar-refractivity contribution in [1.82, 2.24) is 25.5 Å². The second-order valence-electron chi connectivity index (χ2n) is 7.09. The summed E-state index contributed by atoms with van der Waals surface area (Å²) in [7, 11) is 1.49. The fraction of sp³-hybridized carbons (Fsp3) is 0.579. The highest BCUT2D eigenvalue weighted by Crippen LogP contribution is 2.32. The summed E-state index contributed by atoms with van der Waals surface area (Å²) in [6.07, 6.45) is 4.05. The topological polar surface area (TPSA) is 137 Å². The monoisotopic (exact) mass is 404 g/mol. The van der Waals surface area contributed by atoms with Crippen LogP contribution < -0.4 is 15.8 Å². The number of phenols is 1. The Morgan fingerprint density at radius 3 is 2.90 bits per heavy atom. The van der Waals surface area contributed by atoms with Crippen LogP contribution in [-0.4, -0.2) is 57.1 Å². The van der Waals surface area contributed by atoms with Gasteiger partial charge in [0.25, 0.3) is 0 Å². The predicted octanol–water partition coefficient (Wildman–Crippen LogP) is 0.899. The van der Waals surface area contributed by atoms with E-state index < -0.39 is 12.0 Å². The van der Waals surface area contributed by atoms with Gasteiger partial charge in [0.1, 0.15) is 6.54 Å². The Balaban J connectivity index is 1.94. The summed E-state index contributed by atoms with van der Waals surface area (Å²) in [6.45, 7) is 1.92. The van der Waals surface area contributed by atoms with Crippen LogP contribution in [0, 0.1) is 0 Å². The van der Waals surface area contributed by atoms with Crippen molar-refractivity contribution in [2.24, 2.45) is 5.73 Å². The number of esters is 1. The lowest BCUT2D eigenvalue weighted by Gasteiger charge is -2.33. The maximum absolute atomic E-state index is 12.0. The molecule has 2 aromatic rings. The van der Waals surface area contributed by atoms with Gasteiger partial charge in [-0.1, -0.05) is 18.9 Å². The number of nitrogens with two attached hydrogens (primary N) is 1. The number of benzene rings is 1. The summed E-state index contributed by atoms with van der Waals surface area (Å²) >= 11 is 0. The molecule has 3 atom stereocenters. The third-order valence-corrected chi connectivity index (χ3v) is 5.14. The lowest BCUT2D eigenvalue weighted by atomic mass is 9.89. The van der Waals surface area contributed by atoms with Crippen LogP contribution in [-0.2, 0) is 16.1 Å². The Kier molecular flexibility index (Phi) is 6.99. The lowest BCUT2D eigenvalue weighted by Crippen LogP contribution is -2.49. The molecular weight excluding hydrogens is 376 g/mol. The van der Waals surface area contributed by atoms with Gasteiger partial charge >= 0.3 is 5.97 Å². The summed E-state index contributed by atoms with van der Waals surface area (Å²) in [5.74, 6) is 0.397. The smallest absolute Gasteiger partial charge is 0.327 e. The summed E-state index contributed by atoms with van der Waals surface area (Å²) in [5.41, 5.74) is 7.07. The highest BCUT2D eigenvalue weighted by Gasteiger charge is 2.30. The zero-order valence-corrected chi connectivity index (χ0v) is 16.7. The van der Waals surface area contributed by atoms with Gasteiger partial charge in [-0.3, -0.25) is 10.1 Å². The van der Waals surface area contributed by atoms with E-state index in [-0.39, 0.29) is 31.0 Å². The second-order valence-corrected chi connectivity index (χ2v) is 7.09. The molecule has 3 unspecified atom stereocenters. The van der Waals surface area contributed by atoms with Crippen LogP contribution in [0.4, 0.5) is 0 Å². The largest absolute Gasteiger partial charge is 0.504 e. The van der Waals surface area contributed by atoms with Gasteiger partial charge in [0.05, 0.1) is 19.8 Å². The van der Waals surface area contributed by atoms with Gasteiger partial charge in [-0.05, 0) is 47.9 Å². The van der Waals surface area contributed by atoms with E-state index in [1.165, 1.54) is 11.8 Å². The number of tetrazole rings is 1. The SMILES string of the molecule is CCOC(=O)Cn1nnnc1C(NC1CCCCC1N)c1ccc(OC)c(O)c1. The van der Waals surface area contributed by atoms with Gasteiger partial charge in [0.15, 0.2) is 17.3 Å². The molecule has 1 aliphatic carbocycles. The van der Waals surface area contributed by atoms with Crippen molar-refractivity contribution >= 4 is 5.97 Å². The average Bonchev–Trinajstić information content (AvgIpc) is 3.15. The summed E-state index contributed by atoms with van der Waals surface area (Å²) in [5, 5.41) is 25.7. The lowest BCUT2D eigenvalue weighted by molar-refractivity contribution is -0.144. The number of rotatable bonds is 8. The maximum Gasteiger partial charge on any atom is 0.327 e. The molecule has 0 amide bonds. The Morgan fingerprint density at radius 1 is 1.41 bits per heavy atom. The number of hydrogen-bond acceptors (Lipinski definition) is 9. The Hall–Kier alpha value is -2.72. The first kappa shape index (κ1) is 21.0. The number of hydrogen-bond donors (Lipinski definition) is 3. The predicted molar refractivity (Wildman–Crippen MR) is 104 cm³/mol. The van der Waals surface area contributed by atoms with Crippen LogP contribution in [0.15, 0.2) is 18.2 Å². The summed E-state index contributed by atoms with van der Waals surface area (Å²) in [4.78, 5) is 12.0. The van der Waals surface area contributed by atoms with Crippen molar-refractivity contribution in [3.63, 3.8) is 0 Å². The van der Waals surface area contributed by atoms with E-state index in [0.29, 0.717) is 11.6 Å². The molecular formula is C19H28N6O4. The van der Waals surface area contributed by atoms with Crippen molar-refractivity contribution in [3.05, 3.63) is 29.6 Å². The Labute approximate surface area is 169 Å². The first-order valence-electron chi connectivity index (χ1n) is 9.83. The minimum absolute atomic E-state index is 0.00693. The molecule has 29 heavy (non-hydrogen) atoms. The second kappa shape index (κ2) is 9.66. The normalized spacial score (nSPS) is 20.2. The van der Waals surface area contributed by atoms with Crippen LogP contribution in [0.25, 0.3) is 0 Å². The summed E-state index contributed by atoms with van der Waals surface area (Å²) in [6, 6.07) is 4.71. The number of nitrogens with zero attached hydrogens (tertiary/aromatic N) is 4. The van der Waals surface area contributed by atoms with Gasteiger partial charge in [0, 0.05) is 12.1 Å². The van der Waals surface area contributed by atoms with Gasteiger partial charge < -0.3 is 20.3 Å². The van der Waals surface area contributed by atoms with Crippen LogP contribution >= 0.6 is 0 Å². The molecule has 10 nitrogen and oxygen atoms in total. The standard InChI is InChI=1S/C19H28N6O4/c1-3-29-17(27)11-25-19(22-23-24-25)18(21-14-7-5-4-6-13(14)20)12-8-9-16(28-2)15(26)10-12/h8-10,13-14,18,21,26H,3-7,11,20H2,1-2H3. The molecule has 1 heterocycles. The van der Waals surface area contributed by atoms with E-state index in [9.17, 15) is 9.90 Å². The molecule has 0 spiro atoms. The molecule has 0 radical (unpaired) electrons. The molecule has 3 rings (SSSR count). The number of carbonyl (C=O) groups is 1. The van der Waals surface area contributed by atoms with Gasteiger partial charge in [0.2, 0.25) is 0 Å². The van der Waals surface area contributed by atoms with Gasteiger partial charge in [-0.15, -0.1) is 5.10 Å². The minimum atomic E-state index is -0.467. The molecule has 0 bridgehead atoms. The van der Waals surface area contributed by atoms with E-state index in [1.54, 1.807) is 19.1 Å². The fourth-order valence-electron chi connectivity index (χ4n) is 3.65. The number of phenolic OH excluding ortho intramolecular Hbond substituents is 1. The molecule has 4 N–H and O–H groups in total. The molecule has 1 aromatic carbocycles. The quantitative estimate of drug-likeness (QED) is 0.548. The molecule has 0 aliphatic heterocycles. The number of nitrogens with one attached hydrogen (secondary N) is 1. The van der Waals surface area contributed by atoms with Crippen molar-refractivity contribution in [3.8, 4) is 11.5 Å². The van der Waals surface area contributed by atoms with Crippen molar-refractivity contribution in [2.75, 3.05) is 13.7 Å². The molecule has 1 aromatic heterocycles. The number of aromatic hydroxyl groups is 1. The van der Waals surface area contributed by atoms with Crippen LogP contribution in [0.2, 0.25) is 0 Å². The van der Waals surface area contributed by atoms with Crippen molar-refractivity contribution in [1.29, 1.82) is 0 Å². The zero-order valence-electron chi connectivity index (χ0n) is 16.7. The fourth-order valence-corrected chi connectivity index (χ4v) is 3.65. The molecule has 1 saturated carbocycles. The molecule has 10 heteroatoms. The third kappa shape index (κ3) is 5.01. The first-order valence-corrected chi connectivity index (χ1v) is 9.83. The number of carbonyl (C=O) groups excluding carboxylic acids is 1. The third-order valence-electron chi connectivity index (χ3n) is 5.14. The van der Waals surface area contributed by atoms with Gasteiger partial charge in [-0.25, -0.2) is 4.68 Å². The summed E-state index contributed by atoms with van der Waals surface area (Å²) < 4.78 is 11.6. The molecule has 158 valence electrons. The van der Waals surface area contributed by atoms with Crippen LogP contribution in [0.5, 0.6) is 11.5 Å². The number of ether oxygens (including phenoxy) is 2. The molecule has 1 fully saturated rings. The molecule has 0 saturated heterocycles. The van der Waals surface area contributed by atoms with Crippen molar-refractivity contribution in [2.45, 2.75) is 57.3 Å². The maximum atomic E-state index is 12.0. The minimum Gasteiger partial charge on any atom is -0.504 e. The zero-order chi connectivity index (χ0) is 20.8. The highest BCUT2D eigenvalue weighted by atomic mass is 16.5. The Bertz CT molecular complexity index is 827. The number of methoxy groups -OCH3 is 1. The van der Waals surface area contributed by atoms with E-state index in [1.807, 2.05) is 6.07 Å². The highest BCUT2D eigenvalue weighted by molar-refractivity contribution is 5.69. The molecule has 1 aliphatic rings. The van der Waals surface area contributed by atoms with E-state index in [2.05, 4.69) is 20.8 Å². The van der Waals surface area contributed by atoms with Crippen LogP contribution in [0.1, 0.15) is 50.0 Å². The van der Waals surface area contributed by atoms with Gasteiger partial charge in [-0.2, -0.15) is 0 Å².